The van der Waals surface area contributed by atoms with Crippen LogP contribution in [-0.2, 0) is 7.05 Å². The molecule has 0 saturated carbocycles. The third-order valence-electron chi connectivity index (χ3n) is 2.08. The minimum absolute atomic E-state index is 0.157. The van der Waals surface area contributed by atoms with Gasteiger partial charge in [0.2, 0.25) is 11.0 Å². The standard InChI is InChI=1S/C9H8ClN5O2/c1-14-9(7(15(16)17)8(10)13-14)12-6-4-2-3-5-11-6/h2-5H,1H3,(H,11,12). The van der Waals surface area contributed by atoms with Gasteiger partial charge in [0.1, 0.15) is 5.82 Å². The predicted octanol–water partition coefficient (Wildman–Crippen LogP) is 2.12. The van der Waals surface area contributed by atoms with Crippen molar-refractivity contribution in [2.24, 2.45) is 7.05 Å². The molecule has 0 aliphatic carbocycles. The monoisotopic (exact) mass is 253 g/mol. The van der Waals surface area contributed by atoms with Gasteiger partial charge in [0.25, 0.3) is 0 Å². The molecule has 0 radical (unpaired) electrons. The largest absolute Gasteiger partial charge is 0.350 e. The van der Waals surface area contributed by atoms with Crippen LogP contribution in [0, 0.1) is 10.1 Å². The first-order valence-electron chi connectivity index (χ1n) is 4.64. The fourth-order valence-electron chi connectivity index (χ4n) is 1.34. The van der Waals surface area contributed by atoms with Crippen LogP contribution in [0.25, 0.3) is 0 Å². The molecule has 0 saturated heterocycles. The fraction of sp³-hybridized carbons (Fsp3) is 0.111. The lowest BCUT2D eigenvalue weighted by atomic mass is 10.4. The molecule has 0 aliphatic heterocycles. The number of nitro groups is 1. The van der Waals surface area contributed by atoms with E-state index in [9.17, 15) is 10.1 Å². The van der Waals surface area contributed by atoms with Crippen molar-refractivity contribution in [1.29, 1.82) is 0 Å². The lowest BCUT2D eigenvalue weighted by Crippen LogP contribution is -2.02. The molecule has 0 spiro atoms. The number of nitrogens with one attached hydrogen (secondary N) is 1. The normalized spacial score (nSPS) is 10.2. The second-order valence-electron chi connectivity index (χ2n) is 3.21. The number of rotatable bonds is 3. The van der Waals surface area contributed by atoms with Crippen LogP contribution in [0.2, 0.25) is 5.15 Å². The van der Waals surface area contributed by atoms with Crippen LogP contribution in [0.15, 0.2) is 24.4 Å². The van der Waals surface area contributed by atoms with Gasteiger partial charge in [-0.3, -0.25) is 10.1 Å². The maximum atomic E-state index is 10.9. The van der Waals surface area contributed by atoms with Crippen LogP contribution in [0.1, 0.15) is 0 Å². The SMILES string of the molecule is Cn1nc(Cl)c([N+](=O)[O-])c1Nc1ccccn1. The Balaban J connectivity index is 2.42. The van der Waals surface area contributed by atoms with E-state index >= 15 is 0 Å². The van der Waals surface area contributed by atoms with Crippen LogP contribution < -0.4 is 5.32 Å². The molecule has 0 aromatic carbocycles. The summed E-state index contributed by atoms with van der Waals surface area (Å²) >= 11 is 5.68. The van der Waals surface area contributed by atoms with Gasteiger partial charge in [0.05, 0.1) is 4.92 Å². The van der Waals surface area contributed by atoms with Crippen molar-refractivity contribution in [2.75, 3.05) is 5.32 Å². The van der Waals surface area contributed by atoms with Gasteiger partial charge in [-0.1, -0.05) is 17.7 Å². The Morgan fingerprint density at radius 1 is 1.53 bits per heavy atom. The van der Waals surface area contributed by atoms with Gasteiger partial charge in [-0.2, -0.15) is 5.10 Å². The summed E-state index contributed by atoms with van der Waals surface area (Å²) in [5.41, 5.74) is -0.264. The number of halogens is 1. The first-order chi connectivity index (χ1) is 8.09. The molecule has 0 fully saturated rings. The zero-order valence-electron chi connectivity index (χ0n) is 8.79. The number of hydrogen-bond donors (Lipinski definition) is 1. The molecular weight excluding hydrogens is 246 g/mol. The summed E-state index contributed by atoms with van der Waals surface area (Å²) in [6, 6.07) is 5.19. The Labute approximate surface area is 101 Å². The van der Waals surface area contributed by atoms with Crippen molar-refractivity contribution in [2.45, 2.75) is 0 Å². The van der Waals surface area contributed by atoms with E-state index in [0.717, 1.165) is 0 Å². The summed E-state index contributed by atoms with van der Waals surface area (Å²) in [6.07, 6.45) is 1.58. The first-order valence-corrected chi connectivity index (χ1v) is 5.02. The summed E-state index contributed by atoms with van der Waals surface area (Å²) < 4.78 is 1.30. The molecule has 0 aliphatic rings. The molecule has 1 N–H and O–H groups in total. The van der Waals surface area contributed by atoms with Crippen molar-refractivity contribution in [3.63, 3.8) is 0 Å². The molecule has 0 unspecified atom stereocenters. The minimum Gasteiger partial charge on any atom is -0.319 e. The van der Waals surface area contributed by atoms with Gasteiger partial charge in [0.15, 0.2) is 0 Å². The second-order valence-corrected chi connectivity index (χ2v) is 3.57. The Bertz CT molecular complexity index is 554. The van der Waals surface area contributed by atoms with Gasteiger partial charge in [-0.25, -0.2) is 9.67 Å². The topological polar surface area (TPSA) is 85.9 Å². The summed E-state index contributed by atoms with van der Waals surface area (Å²) in [5, 5.41) is 17.3. The highest BCUT2D eigenvalue weighted by Crippen LogP contribution is 2.32. The zero-order chi connectivity index (χ0) is 12.4. The van der Waals surface area contributed by atoms with E-state index in [2.05, 4.69) is 15.4 Å². The maximum Gasteiger partial charge on any atom is 0.350 e. The van der Waals surface area contributed by atoms with Gasteiger partial charge in [0, 0.05) is 13.2 Å². The average Bonchev–Trinajstić information content (AvgIpc) is 2.55. The summed E-state index contributed by atoms with van der Waals surface area (Å²) in [4.78, 5) is 14.3. The van der Waals surface area contributed by atoms with Crippen molar-refractivity contribution >= 4 is 28.9 Å². The number of pyridine rings is 1. The summed E-state index contributed by atoms with van der Waals surface area (Å²) in [7, 11) is 1.56. The quantitative estimate of drug-likeness (QED) is 0.669. The Morgan fingerprint density at radius 3 is 2.88 bits per heavy atom. The third-order valence-corrected chi connectivity index (χ3v) is 2.33. The Morgan fingerprint density at radius 2 is 2.29 bits per heavy atom. The number of anilines is 2. The molecule has 0 bridgehead atoms. The summed E-state index contributed by atoms with van der Waals surface area (Å²) in [5.74, 6) is 0.675. The second kappa shape index (κ2) is 4.38. The van der Waals surface area contributed by atoms with E-state index in [4.69, 9.17) is 11.6 Å². The van der Waals surface area contributed by atoms with Gasteiger partial charge in [-0.05, 0) is 12.1 Å². The van der Waals surface area contributed by atoms with Gasteiger partial charge >= 0.3 is 5.69 Å². The molecule has 2 heterocycles. The molecule has 8 heteroatoms. The zero-order valence-corrected chi connectivity index (χ0v) is 9.55. The minimum atomic E-state index is -0.583. The maximum absolute atomic E-state index is 10.9. The molecule has 88 valence electrons. The first kappa shape index (κ1) is 11.3. The predicted molar refractivity (Wildman–Crippen MR) is 62.4 cm³/mol. The van der Waals surface area contributed by atoms with E-state index in [1.165, 1.54) is 4.68 Å². The summed E-state index contributed by atoms with van der Waals surface area (Å²) in [6.45, 7) is 0. The number of aryl methyl sites for hydroxylation is 1. The smallest absolute Gasteiger partial charge is 0.319 e. The molecule has 2 aromatic rings. The number of nitrogens with zero attached hydrogens (tertiary/aromatic N) is 4. The average molecular weight is 254 g/mol. The van der Waals surface area contributed by atoms with Crippen molar-refractivity contribution < 1.29 is 4.92 Å². The van der Waals surface area contributed by atoms with Crippen LogP contribution >= 0.6 is 11.6 Å². The Hall–Kier alpha value is -2.15. The van der Waals surface area contributed by atoms with Crippen molar-refractivity contribution in [3.8, 4) is 0 Å². The van der Waals surface area contributed by atoms with E-state index in [1.807, 2.05) is 0 Å². The third kappa shape index (κ3) is 2.18. The highest BCUT2D eigenvalue weighted by Gasteiger charge is 2.25. The Kier molecular flexibility index (Phi) is 2.92. The molecule has 17 heavy (non-hydrogen) atoms. The fourth-order valence-corrected chi connectivity index (χ4v) is 1.61. The molecule has 7 nitrogen and oxygen atoms in total. The lowest BCUT2D eigenvalue weighted by Gasteiger charge is -2.03. The molecule has 0 atom stereocenters. The van der Waals surface area contributed by atoms with Crippen molar-refractivity contribution in [3.05, 3.63) is 39.7 Å². The van der Waals surface area contributed by atoms with Crippen LogP contribution in [0.4, 0.5) is 17.3 Å². The van der Waals surface area contributed by atoms with Crippen LogP contribution in [0.5, 0.6) is 0 Å². The molecule has 2 rings (SSSR count). The van der Waals surface area contributed by atoms with Gasteiger partial charge in [-0.15, -0.1) is 0 Å². The highest BCUT2D eigenvalue weighted by molar-refractivity contribution is 6.32. The van der Waals surface area contributed by atoms with E-state index < -0.39 is 4.92 Å². The van der Waals surface area contributed by atoms with E-state index in [-0.39, 0.29) is 16.7 Å². The molecule has 0 amide bonds. The van der Waals surface area contributed by atoms with E-state index in [1.54, 1.807) is 31.4 Å². The number of hydrogen-bond acceptors (Lipinski definition) is 5. The highest BCUT2D eigenvalue weighted by atomic mass is 35.5. The molecule has 2 aromatic heterocycles. The number of aromatic nitrogens is 3. The van der Waals surface area contributed by atoms with Gasteiger partial charge < -0.3 is 5.32 Å². The molecular formula is C9H8ClN5O2. The lowest BCUT2D eigenvalue weighted by molar-refractivity contribution is -0.383. The van der Waals surface area contributed by atoms with E-state index in [0.29, 0.717) is 5.82 Å². The van der Waals surface area contributed by atoms with Crippen LogP contribution in [-0.4, -0.2) is 19.7 Å². The van der Waals surface area contributed by atoms with Crippen molar-refractivity contribution in [1.82, 2.24) is 14.8 Å². The van der Waals surface area contributed by atoms with Crippen LogP contribution in [0.3, 0.4) is 0 Å².